The number of rotatable bonds is 17. The van der Waals surface area contributed by atoms with Crippen LogP contribution in [0.15, 0.2) is 24.3 Å². The van der Waals surface area contributed by atoms with Crippen molar-refractivity contribution in [3.8, 4) is 5.75 Å². The van der Waals surface area contributed by atoms with E-state index in [9.17, 15) is 22.8 Å². The number of amidine groups is 1. The molecule has 3 rings (SSSR count). The number of hydrogen-bond donors (Lipinski definition) is 4. The molecule has 2 fully saturated rings. The first-order valence-corrected chi connectivity index (χ1v) is 18.1. The lowest BCUT2D eigenvalue weighted by Gasteiger charge is -2.30. The van der Waals surface area contributed by atoms with Crippen LogP contribution in [0.4, 0.5) is 9.59 Å². The molecule has 3 unspecified atom stereocenters. The van der Waals surface area contributed by atoms with Crippen LogP contribution in [0, 0.1) is 5.41 Å². The molecule has 2 amide bonds. The predicted octanol–water partition coefficient (Wildman–Crippen LogP) is 2.25. The van der Waals surface area contributed by atoms with Gasteiger partial charge in [-0.05, 0) is 70.7 Å². The molecule has 2 aliphatic heterocycles. The third-order valence-corrected chi connectivity index (χ3v) is 9.25. The van der Waals surface area contributed by atoms with Gasteiger partial charge in [0, 0.05) is 26.2 Å². The van der Waals surface area contributed by atoms with Crippen LogP contribution in [-0.4, -0.2) is 125 Å². The summed E-state index contributed by atoms with van der Waals surface area (Å²) in [5, 5.41) is 14.5. The second kappa shape index (κ2) is 18.3. The van der Waals surface area contributed by atoms with Gasteiger partial charge in [0.25, 0.3) is 0 Å². The third kappa shape index (κ3) is 13.2. The van der Waals surface area contributed by atoms with E-state index in [4.69, 9.17) is 24.4 Å². The minimum absolute atomic E-state index is 0.0456. The smallest absolute Gasteiger partial charge is 0.413 e. The van der Waals surface area contributed by atoms with Crippen molar-refractivity contribution in [2.45, 2.75) is 83.6 Å². The second-order valence-corrected chi connectivity index (χ2v) is 14.8. The number of nitrogens with one attached hydrogen (secondary N) is 4. The summed E-state index contributed by atoms with van der Waals surface area (Å²) in [7, 11) is -2.45. The maximum absolute atomic E-state index is 13.0. The first-order chi connectivity index (χ1) is 22.7. The van der Waals surface area contributed by atoms with E-state index in [1.165, 1.54) is 12.0 Å². The van der Waals surface area contributed by atoms with Gasteiger partial charge in [0.2, 0.25) is 10.0 Å². The number of unbranched alkanes of at least 4 members (excludes halogenated alkanes) is 1. The van der Waals surface area contributed by atoms with Gasteiger partial charge in [-0.2, -0.15) is 0 Å². The minimum atomic E-state index is -3.65. The van der Waals surface area contributed by atoms with Gasteiger partial charge >= 0.3 is 18.2 Å². The van der Waals surface area contributed by atoms with Crippen molar-refractivity contribution in [3.05, 3.63) is 29.8 Å². The van der Waals surface area contributed by atoms with E-state index in [-0.39, 0.29) is 31.2 Å². The summed E-state index contributed by atoms with van der Waals surface area (Å²) in [6.07, 6.45) is 0.444. The van der Waals surface area contributed by atoms with Crippen LogP contribution in [0.25, 0.3) is 0 Å². The number of nitrogens with zero attached hydrogens (tertiary/aromatic N) is 2. The summed E-state index contributed by atoms with van der Waals surface area (Å²) in [5.74, 6) is -0.416. The fraction of sp³-hybridized carbons (Fsp3) is 0.688. The van der Waals surface area contributed by atoms with Crippen molar-refractivity contribution >= 4 is 34.0 Å². The number of cyclic esters (lactones) is 1. The van der Waals surface area contributed by atoms with Gasteiger partial charge in [-0.15, -0.1) is 0 Å². The molecule has 0 radical (unpaired) electrons. The van der Waals surface area contributed by atoms with E-state index < -0.39 is 52.0 Å². The zero-order valence-electron chi connectivity index (χ0n) is 28.7. The molecule has 48 heavy (non-hydrogen) atoms. The molecule has 2 heterocycles. The van der Waals surface area contributed by atoms with Crippen LogP contribution in [0.2, 0.25) is 0 Å². The Morgan fingerprint density at radius 1 is 1.15 bits per heavy atom. The van der Waals surface area contributed by atoms with E-state index >= 15 is 0 Å². The summed E-state index contributed by atoms with van der Waals surface area (Å²) >= 11 is 0. The molecule has 4 N–H and O–H groups in total. The molecule has 1 aromatic carbocycles. The quantitative estimate of drug-likeness (QED) is 0.0810. The number of carbonyl (C=O) groups excluding carboxylic acids is 3. The Hall–Kier alpha value is -3.47. The van der Waals surface area contributed by atoms with Gasteiger partial charge in [0.05, 0.1) is 25.4 Å². The maximum Gasteiger partial charge on any atom is 0.413 e. The lowest BCUT2D eigenvalue weighted by molar-refractivity contribution is -0.142. The molecule has 15 nitrogen and oxygen atoms in total. The summed E-state index contributed by atoms with van der Waals surface area (Å²) in [6.45, 7) is 11.8. The average Bonchev–Trinajstić information content (AvgIpc) is 3.40. The lowest BCUT2D eigenvalue weighted by Crippen LogP contribution is -2.50. The van der Waals surface area contributed by atoms with E-state index in [1.807, 2.05) is 6.92 Å². The average molecular weight is 697 g/mol. The molecule has 270 valence electrons. The molecule has 3 atom stereocenters. The molecular weight excluding hydrogens is 644 g/mol. The van der Waals surface area contributed by atoms with Crippen molar-refractivity contribution in [1.29, 1.82) is 5.41 Å². The highest BCUT2D eigenvalue weighted by molar-refractivity contribution is 7.89. The highest BCUT2D eigenvalue weighted by Gasteiger charge is 2.39. The number of alkyl carbamates (subject to hydrolysis) is 1. The number of carbonyl (C=O) groups is 3. The standard InChI is InChI=1S/C32H52N6O9S/c1-6-7-19-48(42,43)36-26(29(39)44-5)20-23-10-12-24(13-11-23)45-22-25-21-38(31(41)46-25)27(9-8-16-37-17-14-34-15-18-37)28(33)35-30(40)47-32(2,3)4/h10-13,25-27,34,36H,6-9,14-22H2,1-5H3,(H2,33,35,40). The maximum atomic E-state index is 13.0. The van der Waals surface area contributed by atoms with Gasteiger partial charge in [0.15, 0.2) is 6.10 Å². The van der Waals surface area contributed by atoms with Gasteiger partial charge in [-0.25, -0.2) is 22.7 Å². The summed E-state index contributed by atoms with van der Waals surface area (Å²) < 4.78 is 48.9. The SMILES string of the molecule is CCCCS(=O)(=O)NC(Cc1ccc(OCC2CN(C(CCCN3CCNCC3)C(=N)NC(=O)OC(C)(C)C)C(=O)O2)cc1)C(=O)OC. The molecule has 0 bridgehead atoms. The molecule has 0 aliphatic carbocycles. The topological polar surface area (TPSA) is 189 Å². The van der Waals surface area contributed by atoms with Gasteiger partial charge in [-0.1, -0.05) is 25.5 Å². The van der Waals surface area contributed by atoms with Crippen LogP contribution in [0.3, 0.4) is 0 Å². The highest BCUT2D eigenvalue weighted by Crippen LogP contribution is 2.21. The lowest BCUT2D eigenvalue weighted by atomic mass is 10.1. The Bertz CT molecular complexity index is 1330. The number of sulfonamides is 1. The Morgan fingerprint density at radius 3 is 2.46 bits per heavy atom. The number of benzene rings is 1. The molecule has 0 saturated carbocycles. The number of esters is 1. The van der Waals surface area contributed by atoms with Crippen LogP contribution >= 0.6 is 0 Å². The summed E-state index contributed by atoms with van der Waals surface area (Å²) in [4.78, 5) is 41.5. The fourth-order valence-corrected chi connectivity index (χ4v) is 6.75. The van der Waals surface area contributed by atoms with Crippen LogP contribution in [-0.2, 0) is 35.4 Å². The number of piperazine rings is 1. The number of amides is 2. The Morgan fingerprint density at radius 2 is 1.83 bits per heavy atom. The molecule has 1 aromatic rings. The normalized spacial score (nSPS) is 18.5. The molecule has 0 aromatic heterocycles. The van der Waals surface area contributed by atoms with Gasteiger partial charge in [0.1, 0.15) is 29.8 Å². The van der Waals surface area contributed by atoms with E-state index in [0.717, 1.165) is 32.7 Å². The molecule has 2 saturated heterocycles. The molecule has 2 aliphatic rings. The van der Waals surface area contributed by atoms with Crippen LogP contribution < -0.4 is 20.1 Å². The predicted molar refractivity (Wildman–Crippen MR) is 180 cm³/mol. The minimum Gasteiger partial charge on any atom is -0.490 e. The summed E-state index contributed by atoms with van der Waals surface area (Å²) in [6, 6.07) is 5.01. The Balaban J connectivity index is 1.59. The first kappa shape index (κ1) is 39.0. The van der Waals surface area contributed by atoms with Gasteiger partial charge in [-0.3, -0.25) is 20.4 Å². The Kier molecular flexibility index (Phi) is 14.9. The molecule has 0 spiro atoms. The summed E-state index contributed by atoms with van der Waals surface area (Å²) in [5.41, 5.74) is -0.0569. The molecule has 16 heteroatoms. The van der Waals surface area contributed by atoms with E-state index in [1.54, 1.807) is 45.0 Å². The monoisotopic (exact) mass is 696 g/mol. The number of hydrogen-bond acceptors (Lipinski definition) is 12. The fourth-order valence-electron chi connectivity index (χ4n) is 5.35. The van der Waals surface area contributed by atoms with Crippen molar-refractivity contribution < 1.29 is 41.7 Å². The van der Waals surface area contributed by atoms with Gasteiger partial charge < -0.3 is 29.2 Å². The number of ether oxygens (including phenoxy) is 4. The zero-order valence-corrected chi connectivity index (χ0v) is 29.5. The highest BCUT2D eigenvalue weighted by atomic mass is 32.2. The van der Waals surface area contributed by atoms with E-state index in [0.29, 0.717) is 37.0 Å². The zero-order chi connectivity index (χ0) is 35.3. The van der Waals surface area contributed by atoms with Crippen molar-refractivity contribution in [1.82, 2.24) is 25.2 Å². The van der Waals surface area contributed by atoms with Crippen molar-refractivity contribution in [2.75, 3.05) is 58.7 Å². The Labute approximate surface area is 283 Å². The van der Waals surface area contributed by atoms with Crippen molar-refractivity contribution in [3.63, 3.8) is 0 Å². The van der Waals surface area contributed by atoms with Crippen molar-refractivity contribution in [2.24, 2.45) is 0 Å². The van der Waals surface area contributed by atoms with Crippen LogP contribution in [0.1, 0.15) is 58.9 Å². The second-order valence-electron chi connectivity index (χ2n) is 13.0. The largest absolute Gasteiger partial charge is 0.490 e. The number of methoxy groups -OCH3 is 1. The first-order valence-electron chi connectivity index (χ1n) is 16.5. The van der Waals surface area contributed by atoms with Crippen LogP contribution in [0.5, 0.6) is 5.75 Å². The third-order valence-electron chi connectivity index (χ3n) is 7.78. The van der Waals surface area contributed by atoms with E-state index in [2.05, 4.69) is 20.3 Å². The molecular formula is C32H52N6O9S.